The van der Waals surface area contributed by atoms with Gasteiger partial charge >= 0.3 is 0 Å². The Hall–Kier alpha value is -0.670. The van der Waals surface area contributed by atoms with Crippen LogP contribution in [0.15, 0.2) is 16.8 Å². The van der Waals surface area contributed by atoms with Gasteiger partial charge in [0.15, 0.2) is 0 Å². The van der Waals surface area contributed by atoms with Gasteiger partial charge in [-0.25, -0.2) is 0 Å². The highest BCUT2D eigenvalue weighted by Gasteiger charge is 2.25. The van der Waals surface area contributed by atoms with Gasteiger partial charge in [0.05, 0.1) is 6.04 Å². The van der Waals surface area contributed by atoms with Crippen LogP contribution in [0, 0.1) is 0 Å². The van der Waals surface area contributed by atoms with Gasteiger partial charge in [-0.1, -0.05) is 6.42 Å². The molecule has 1 aromatic heterocycles. The topological polar surface area (TPSA) is 20.3 Å². The van der Waals surface area contributed by atoms with Gasteiger partial charge in [-0.3, -0.25) is 9.69 Å². The van der Waals surface area contributed by atoms with Crippen LogP contribution in [0.3, 0.4) is 0 Å². The van der Waals surface area contributed by atoms with Crippen LogP contribution in [-0.4, -0.2) is 23.8 Å². The number of hydrogen-bond donors (Lipinski definition) is 0. The first-order chi connectivity index (χ1) is 7.27. The molecule has 0 spiro atoms. The van der Waals surface area contributed by atoms with E-state index in [-0.39, 0.29) is 6.04 Å². The molecule has 82 valence electrons. The summed E-state index contributed by atoms with van der Waals surface area (Å²) >= 11 is 1.72. The molecule has 2 rings (SSSR count). The lowest BCUT2D eigenvalue weighted by molar-refractivity contribution is -0.125. The Labute approximate surface area is 94.9 Å². The maximum Gasteiger partial charge on any atom is 0.149 e. The lowest BCUT2D eigenvalue weighted by Gasteiger charge is -2.29. The third-order valence-corrected chi connectivity index (χ3v) is 3.80. The van der Waals surface area contributed by atoms with E-state index in [1.165, 1.54) is 12.0 Å². The molecule has 0 radical (unpaired) electrons. The van der Waals surface area contributed by atoms with Crippen LogP contribution < -0.4 is 0 Å². The Kier molecular flexibility index (Phi) is 3.54. The maximum absolute atomic E-state index is 11.7. The molecule has 2 nitrogen and oxygen atoms in total. The summed E-state index contributed by atoms with van der Waals surface area (Å²) in [5.74, 6) is 0.430. The molecule has 1 aliphatic carbocycles. The Morgan fingerprint density at radius 3 is 3.07 bits per heavy atom. The zero-order chi connectivity index (χ0) is 10.7. The highest BCUT2D eigenvalue weighted by atomic mass is 32.1. The standard InChI is InChI=1S/C12H17NOS/c1-13(8-10-6-7-15-9-10)11-4-2-3-5-12(11)14/h6-7,9,11H,2-5,8H2,1H3. The number of rotatable bonds is 3. The van der Waals surface area contributed by atoms with E-state index in [0.717, 1.165) is 25.8 Å². The van der Waals surface area contributed by atoms with Crippen LogP contribution in [0.5, 0.6) is 0 Å². The van der Waals surface area contributed by atoms with Gasteiger partial charge in [0.25, 0.3) is 0 Å². The van der Waals surface area contributed by atoms with E-state index in [1.54, 1.807) is 11.3 Å². The molecule has 0 aromatic carbocycles. The fourth-order valence-corrected chi connectivity index (χ4v) is 2.87. The van der Waals surface area contributed by atoms with Crippen LogP contribution in [0.25, 0.3) is 0 Å². The van der Waals surface area contributed by atoms with Crippen molar-refractivity contribution in [2.24, 2.45) is 0 Å². The number of carbonyl (C=O) groups excluding carboxylic acids is 1. The van der Waals surface area contributed by atoms with Crippen LogP contribution in [0.2, 0.25) is 0 Å². The van der Waals surface area contributed by atoms with E-state index in [4.69, 9.17) is 0 Å². The van der Waals surface area contributed by atoms with Crippen molar-refractivity contribution >= 4 is 17.1 Å². The van der Waals surface area contributed by atoms with Crippen molar-refractivity contribution in [3.63, 3.8) is 0 Å². The number of likely N-dealkylation sites (N-methyl/N-ethyl adjacent to an activating group) is 1. The second-order valence-corrected chi connectivity index (χ2v) is 5.05. The Bertz CT molecular complexity index is 320. The first-order valence-electron chi connectivity index (χ1n) is 5.51. The average molecular weight is 223 g/mol. The van der Waals surface area contributed by atoms with Gasteiger partial charge in [0.1, 0.15) is 5.78 Å². The van der Waals surface area contributed by atoms with Crippen LogP contribution in [0.4, 0.5) is 0 Å². The second kappa shape index (κ2) is 4.90. The number of thiophene rings is 1. The molecule has 1 unspecified atom stereocenters. The van der Waals surface area contributed by atoms with E-state index in [1.807, 2.05) is 0 Å². The minimum Gasteiger partial charge on any atom is -0.298 e. The van der Waals surface area contributed by atoms with E-state index < -0.39 is 0 Å². The van der Waals surface area contributed by atoms with Crippen molar-refractivity contribution in [3.05, 3.63) is 22.4 Å². The van der Waals surface area contributed by atoms with Crippen molar-refractivity contribution in [3.8, 4) is 0 Å². The molecule has 0 aliphatic heterocycles. The lowest BCUT2D eigenvalue weighted by atomic mass is 9.93. The van der Waals surface area contributed by atoms with Gasteiger partial charge in [0, 0.05) is 13.0 Å². The number of ketones is 1. The van der Waals surface area contributed by atoms with Crippen LogP contribution >= 0.6 is 11.3 Å². The predicted molar refractivity (Wildman–Crippen MR) is 63.0 cm³/mol. The summed E-state index contributed by atoms with van der Waals surface area (Å²) in [7, 11) is 2.06. The molecule has 15 heavy (non-hydrogen) atoms. The Morgan fingerprint density at radius 1 is 1.53 bits per heavy atom. The smallest absolute Gasteiger partial charge is 0.149 e. The molecule has 1 heterocycles. The fraction of sp³-hybridized carbons (Fsp3) is 0.583. The minimum atomic E-state index is 0.165. The summed E-state index contributed by atoms with van der Waals surface area (Å²) in [5, 5.41) is 4.25. The van der Waals surface area contributed by atoms with Gasteiger partial charge in [-0.15, -0.1) is 0 Å². The van der Waals surface area contributed by atoms with Gasteiger partial charge in [-0.05, 0) is 42.3 Å². The van der Waals surface area contributed by atoms with Crippen LogP contribution in [0.1, 0.15) is 31.2 Å². The molecule has 0 amide bonds. The predicted octanol–water partition coefficient (Wildman–Crippen LogP) is 2.69. The fourth-order valence-electron chi connectivity index (χ4n) is 2.21. The second-order valence-electron chi connectivity index (χ2n) is 4.27. The summed E-state index contributed by atoms with van der Waals surface area (Å²) in [5.41, 5.74) is 1.32. The van der Waals surface area contributed by atoms with Gasteiger partial charge < -0.3 is 0 Å². The third-order valence-electron chi connectivity index (χ3n) is 3.07. The first kappa shape index (κ1) is 10.8. The molecule has 1 atom stereocenters. The van der Waals surface area contributed by atoms with Crippen LogP contribution in [-0.2, 0) is 11.3 Å². The quantitative estimate of drug-likeness (QED) is 0.785. The molecule has 1 aromatic rings. The summed E-state index contributed by atoms with van der Waals surface area (Å²) < 4.78 is 0. The molecule has 0 saturated heterocycles. The van der Waals surface area contributed by atoms with E-state index >= 15 is 0 Å². The van der Waals surface area contributed by atoms with Crippen molar-refractivity contribution in [1.82, 2.24) is 4.90 Å². The largest absolute Gasteiger partial charge is 0.298 e. The molecule has 1 fully saturated rings. The van der Waals surface area contributed by atoms with Crippen molar-refractivity contribution in [1.29, 1.82) is 0 Å². The molecule has 0 N–H and O–H groups in total. The Balaban J connectivity index is 1.94. The highest BCUT2D eigenvalue weighted by molar-refractivity contribution is 7.07. The lowest BCUT2D eigenvalue weighted by Crippen LogP contribution is -2.39. The third kappa shape index (κ3) is 2.67. The summed E-state index contributed by atoms with van der Waals surface area (Å²) in [6.45, 7) is 0.903. The summed E-state index contributed by atoms with van der Waals surface area (Å²) in [4.78, 5) is 13.9. The normalized spacial score (nSPS) is 22.3. The maximum atomic E-state index is 11.7. The molecular formula is C12H17NOS. The number of Topliss-reactive ketones (excluding diaryl/α,β-unsaturated/α-hetero) is 1. The monoisotopic (exact) mass is 223 g/mol. The molecule has 1 aliphatic rings. The van der Waals surface area contributed by atoms with Gasteiger partial charge in [-0.2, -0.15) is 11.3 Å². The van der Waals surface area contributed by atoms with E-state index in [9.17, 15) is 4.79 Å². The minimum absolute atomic E-state index is 0.165. The number of carbonyl (C=O) groups is 1. The zero-order valence-corrected chi connectivity index (χ0v) is 9.93. The van der Waals surface area contributed by atoms with Crippen molar-refractivity contribution in [2.75, 3.05) is 7.05 Å². The summed E-state index contributed by atoms with van der Waals surface area (Å²) in [6, 6.07) is 2.30. The molecule has 3 heteroatoms. The summed E-state index contributed by atoms with van der Waals surface area (Å²) in [6.07, 6.45) is 4.10. The number of hydrogen-bond acceptors (Lipinski definition) is 3. The SMILES string of the molecule is CN(Cc1ccsc1)C1CCCCC1=O. The average Bonchev–Trinajstić information content (AvgIpc) is 2.71. The Morgan fingerprint density at radius 2 is 2.40 bits per heavy atom. The van der Waals surface area contributed by atoms with E-state index in [0.29, 0.717) is 5.78 Å². The van der Waals surface area contributed by atoms with E-state index in [2.05, 4.69) is 28.8 Å². The molecular weight excluding hydrogens is 206 g/mol. The van der Waals surface area contributed by atoms with Gasteiger partial charge in [0.2, 0.25) is 0 Å². The number of nitrogens with zero attached hydrogens (tertiary/aromatic N) is 1. The zero-order valence-electron chi connectivity index (χ0n) is 9.11. The highest BCUT2D eigenvalue weighted by Crippen LogP contribution is 2.20. The van der Waals surface area contributed by atoms with Crippen molar-refractivity contribution < 1.29 is 4.79 Å². The molecule has 1 saturated carbocycles. The van der Waals surface area contributed by atoms with Crippen molar-refractivity contribution in [2.45, 2.75) is 38.3 Å². The first-order valence-corrected chi connectivity index (χ1v) is 6.45. The molecule has 0 bridgehead atoms.